The van der Waals surface area contributed by atoms with E-state index in [0.717, 1.165) is 24.2 Å². The van der Waals surface area contributed by atoms with Crippen molar-refractivity contribution in [2.24, 2.45) is 0 Å². The summed E-state index contributed by atoms with van der Waals surface area (Å²) in [6.45, 7) is 0.306. The van der Waals surface area contributed by atoms with Crippen molar-refractivity contribution in [2.75, 3.05) is 6.79 Å². The molecule has 0 amide bonds. The Labute approximate surface area is 102 Å². The molecule has 2 rings (SSSR count). The van der Waals surface area contributed by atoms with Gasteiger partial charge in [0.25, 0.3) is 0 Å². The van der Waals surface area contributed by atoms with Crippen molar-refractivity contribution in [3.63, 3.8) is 0 Å². The minimum atomic E-state index is 0.306. The number of hydrogen-bond acceptors (Lipinski definition) is 3. The van der Waals surface area contributed by atoms with Gasteiger partial charge in [0.1, 0.15) is 5.75 Å². The van der Waals surface area contributed by atoms with Crippen LogP contribution in [-0.2, 0) is 11.2 Å². The van der Waals surface area contributed by atoms with Gasteiger partial charge in [-0.2, -0.15) is 5.26 Å². The van der Waals surface area contributed by atoms with Crippen LogP contribution in [0.25, 0.3) is 0 Å². The summed E-state index contributed by atoms with van der Waals surface area (Å²) < 4.78 is 11.1. The van der Waals surface area contributed by atoms with Crippen LogP contribution in [0, 0.1) is 11.3 Å². The second-order valence-electron chi connectivity index (χ2n) is 4.32. The molecule has 3 nitrogen and oxygen atoms in total. The van der Waals surface area contributed by atoms with E-state index in [2.05, 4.69) is 6.07 Å². The van der Waals surface area contributed by atoms with E-state index in [9.17, 15) is 0 Å². The molecule has 0 bridgehead atoms. The van der Waals surface area contributed by atoms with Crippen molar-refractivity contribution in [1.82, 2.24) is 0 Å². The maximum absolute atomic E-state index is 8.61. The lowest BCUT2D eigenvalue weighted by molar-refractivity contribution is -0.0325. The molecule has 1 fully saturated rings. The second kappa shape index (κ2) is 6.27. The molecule has 1 saturated carbocycles. The van der Waals surface area contributed by atoms with Gasteiger partial charge in [-0.25, -0.2) is 0 Å². The van der Waals surface area contributed by atoms with Gasteiger partial charge in [-0.1, -0.05) is 25.0 Å². The van der Waals surface area contributed by atoms with Crippen molar-refractivity contribution in [2.45, 2.75) is 38.2 Å². The Kier molecular flexibility index (Phi) is 4.40. The van der Waals surface area contributed by atoms with E-state index in [1.54, 1.807) is 0 Å². The Morgan fingerprint density at radius 3 is 2.88 bits per heavy atom. The Hall–Kier alpha value is -1.53. The fraction of sp³-hybridized carbons (Fsp3) is 0.500. The predicted octanol–water partition coefficient (Wildman–Crippen LogP) is 3.05. The molecule has 0 radical (unpaired) electrons. The van der Waals surface area contributed by atoms with Crippen LogP contribution in [0.4, 0.5) is 0 Å². The number of rotatable bonds is 5. The topological polar surface area (TPSA) is 42.2 Å². The molecular weight excluding hydrogens is 214 g/mol. The smallest absolute Gasteiger partial charge is 0.189 e. The third kappa shape index (κ3) is 3.76. The van der Waals surface area contributed by atoms with Crippen LogP contribution >= 0.6 is 0 Å². The first-order valence-corrected chi connectivity index (χ1v) is 6.09. The molecule has 0 spiro atoms. The van der Waals surface area contributed by atoms with E-state index < -0.39 is 0 Å². The summed E-state index contributed by atoms with van der Waals surface area (Å²) in [6.07, 6.45) is 5.62. The molecule has 1 aliphatic carbocycles. The Morgan fingerprint density at radius 1 is 1.29 bits per heavy atom. The first-order chi connectivity index (χ1) is 8.38. The van der Waals surface area contributed by atoms with Crippen LogP contribution in [0.2, 0.25) is 0 Å². The fourth-order valence-corrected chi connectivity index (χ4v) is 2.09. The highest BCUT2D eigenvalue weighted by Gasteiger charge is 2.15. The normalized spacial score (nSPS) is 15.7. The zero-order valence-corrected chi connectivity index (χ0v) is 9.89. The Morgan fingerprint density at radius 2 is 2.12 bits per heavy atom. The summed E-state index contributed by atoms with van der Waals surface area (Å²) in [5.74, 6) is 0.774. The average molecular weight is 231 g/mol. The molecule has 0 saturated heterocycles. The van der Waals surface area contributed by atoms with Crippen molar-refractivity contribution < 1.29 is 9.47 Å². The van der Waals surface area contributed by atoms with E-state index in [4.69, 9.17) is 14.7 Å². The third-order valence-corrected chi connectivity index (χ3v) is 3.01. The van der Waals surface area contributed by atoms with E-state index in [0.29, 0.717) is 19.3 Å². The monoisotopic (exact) mass is 231 g/mol. The van der Waals surface area contributed by atoms with Gasteiger partial charge in [0.15, 0.2) is 6.79 Å². The summed E-state index contributed by atoms with van der Waals surface area (Å²) in [5.41, 5.74) is 0.978. The van der Waals surface area contributed by atoms with Crippen LogP contribution in [-0.4, -0.2) is 12.9 Å². The van der Waals surface area contributed by atoms with Gasteiger partial charge in [-0.05, 0) is 30.5 Å². The SMILES string of the molecule is N#CCc1cccc(OCOC2CCCC2)c1. The molecule has 1 aromatic carbocycles. The van der Waals surface area contributed by atoms with Gasteiger partial charge in [0.2, 0.25) is 0 Å². The van der Waals surface area contributed by atoms with Gasteiger partial charge in [0.05, 0.1) is 18.6 Å². The average Bonchev–Trinajstić information content (AvgIpc) is 2.83. The van der Waals surface area contributed by atoms with Crippen LogP contribution < -0.4 is 4.74 Å². The number of nitriles is 1. The van der Waals surface area contributed by atoms with Crippen LogP contribution in [0.3, 0.4) is 0 Å². The molecule has 90 valence electrons. The molecule has 0 atom stereocenters. The van der Waals surface area contributed by atoms with Crippen molar-refractivity contribution in [3.8, 4) is 11.8 Å². The van der Waals surface area contributed by atoms with Gasteiger partial charge in [0, 0.05) is 0 Å². The number of benzene rings is 1. The summed E-state index contributed by atoms with van der Waals surface area (Å²) >= 11 is 0. The van der Waals surface area contributed by atoms with Crippen molar-refractivity contribution in [3.05, 3.63) is 29.8 Å². The Bertz CT molecular complexity index is 391. The third-order valence-electron chi connectivity index (χ3n) is 3.01. The molecule has 0 aromatic heterocycles. The van der Waals surface area contributed by atoms with Crippen LogP contribution in [0.1, 0.15) is 31.2 Å². The van der Waals surface area contributed by atoms with Crippen LogP contribution in [0.15, 0.2) is 24.3 Å². The number of hydrogen-bond donors (Lipinski definition) is 0. The maximum Gasteiger partial charge on any atom is 0.189 e. The van der Waals surface area contributed by atoms with Gasteiger partial charge in [-0.15, -0.1) is 0 Å². The summed E-state index contributed by atoms with van der Waals surface area (Å²) in [7, 11) is 0. The van der Waals surface area contributed by atoms with E-state index in [1.165, 1.54) is 12.8 Å². The summed E-state index contributed by atoms with van der Waals surface area (Å²) in [6, 6.07) is 9.73. The first-order valence-electron chi connectivity index (χ1n) is 6.09. The highest BCUT2D eigenvalue weighted by atomic mass is 16.7. The molecule has 3 heteroatoms. The lowest BCUT2D eigenvalue weighted by Crippen LogP contribution is -2.12. The second-order valence-corrected chi connectivity index (χ2v) is 4.32. The Balaban J connectivity index is 1.77. The maximum atomic E-state index is 8.61. The molecule has 0 N–H and O–H groups in total. The molecule has 17 heavy (non-hydrogen) atoms. The molecule has 0 aliphatic heterocycles. The molecular formula is C14H17NO2. The first kappa shape index (κ1) is 11.9. The predicted molar refractivity (Wildman–Crippen MR) is 64.6 cm³/mol. The lowest BCUT2D eigenvalue weighted by Gasteiger charge is -2.12. The van der Waals surface area contributed by atoms with Gasteiger partial charge < -0.3 is 9.47 Å². The number of ether oxygens (including phenoxy) is 2. The minimum absolute atomic E-state index is 0.306. The zero-order chi connectivity index (χ0) is 11.9. The fourth-order valence-electron chi connectivity index (χ4n) is 2.09. The summed E-state index contributed by atoms with van der Waals surface area (Å²) in [5, 5.41) is 8.61. The zero-order valence-electron chi connectivity index (χ0n) is 9.89. The molecule has 0 unspecified atom stereocenters. The van der Waals surface area contributed by atoms with Gasteiger partial charge in [-0.3, -0.25) is 0 Å². The highest BCUT2D eigenvalue weighted by Crippen LogP contribution is 2.21. The quantitative estimate of drug-likeness (QED) is 0.731. The molecule has 0 heterocycles. The van der Waals surface area contributed by atoms with E-state index >= 15 is 0 Å². The highest BCUT2D eigenvalue weighted by molar-refractivity contribution is 5.29. The number of nitrogens with zero attached hydrogens (tertiary/aromatic N) is 1. The molecule has 1 aliphatic rings. The van der Waals surface area contributed by atoms with E-state index in [-0.39, 0.29) is 0 Å². The van der Waals surface area contributed by atoms with Crippen LogP contribution in [0.5, 0.6) is 5.75 Å². The standard InChI is InChI=1S/C14H17NO2/c15-9-8-12-4-3-7-14(10-12)17-11-16-13-5-1-2-6-13/h3-4,7,10,13H,1-2,5-6,8,11H2. The minimum Gasteiger partial charge on any atom is -0.468 e. The summed E-state index contributed by atoms with van der Waals surface area (Å²) in [4.78, 5) is 0. The van der Waals surface area contributed by atoms with Crippen molar-refractivity contribution >= 4 is 0 Å². The largest absolute Gasteiger partial charge is 0.468 e. The van der Waals surface area contributed by atoms with Gasteiger partial charge >= 0.3 is 0 Å². The van der Waals surface area contributed by atoms with E-state index in [1.807, 2.05) is 24.3 Å². The van der Waals surface area contributed by atoms with Crippen molar-refractivity contribution in [1.29, 1.82) is 5.26 Å². The molecule has 1 aromatic rings. The lowest BCUT2D eigenvalue weighted by atomic mass is 10.2.